The van der Waals surface area contributed by atoms with Gasteiger partial charge in [-0.2, -0.15) is 0 Å². The van der Waals surface area contributed by atoms with Gasteiger partial charge in [0.1, 0.15) is 6.23 Å². The molecule has 7 nitrogen and oxygen atoms in total. The third kappa shape index (κ3) is 3.69. The second-order valence-corrected chi connectivity index (χ2v) is 4.35. The Kier molecular flexibility index (Phi) is 6.10. The van der Waals surface area contributed by atoms with Crippen molar-refractivity contribution >= 4 is 12.0 Å². The molecule has 0 saturated carbocycles. The monoisotopic (exact) mass is 296 g/mol. The van der Waals surface area contributed by atoms with Crippen LogP contribution in [0.5, 0.6) is 11.5 Å². The van der Waals surface area contributed by atoms with Crippen molar-refractivity contribution in [2.24, 2.45) is 0 Å². The van der Waals surface area contributed by atoms with Crippen LogP contribution >= 0.6 is 0 Å². The van der Waals surface area contributed by atoms with E-state index in [1.807, 2.05) is 25.7 Å². The van der Waals surface area contributed by atoms with Gasteiger partial charge in [0.15, 0.2) is 12.0 Å². The van der Waals surface area contributed by atoms with Crippen molar-refractivity contribution in [3.8, 4) is 11.5 Å². The van der Waals surface area contributed by atoms with Gasteiger partial charge in [0.2, 0.25) is 5.75 Å². The third-order valence-electron chi connectivity index (χ3n) is 3.26. The Bertz CT molecular complexity index is 514. The Hall–Kier alpha value is -2.15. The van der Waals surface area contributed by atoms with Gasteiger partial charge in [0.25, 0.3) is 0 Å². The smallest absolute Gasteiger partial charge is 0.325 e. The molecule has 1 aromatic rings. The molecule has 21 heavy (non-hydrogen) atoms. The van der Waals surface area contributed by atoms with Crippen molar-refractivity contribution in [1.29, 1.82) is 0 Å². The van der Waals surface area contributed by atoms with E-state index in [1.54, 1.807) is 0 Å². The first-order valence-electron chi connectivity index (χ1n) is 6.71. The van der Waals surface area contributed by atoms with Gasteiger partial charge in [0, 0.05) is 0 Å². The molecule has 116 valence electrons. The van der Waals surface area contributed by atoms with Crippen LogP contribution in [0.25, 0.3) is 0 Å². The second kappa shape index (κ2) is 7.58. The van der Waals surface area contributed by atoms with Gasteiger partial charge in [-0.25, -0.2) is 0 Å². The van der Waals surface area contributed by atoms with E-state index in [0.29, 0.717) is 6.29 Å². The molecule has 0 amide bonds. The van der Waals surface area contributed by atoms with Gasteiger partial charge in [-0.05, 0) is 32.1 Å². The highest BCUT2D eigenvalue weighted by Crippen LogP contribution is 2.39. The third-order valence-corrected chi connectivity index (χ3v) is 3.26. The highest BCUT2D eigenvalue weighted by Gasteiger charge is 2.26. The molecule has 1 atom stereocenters. The van der Waals surface area contributed by atoms with Crippen molar-refractivity contribution in [2.45, 2.75) is 27.0 Å². The van der Waals surface area contributed by atoms with Crippen LogP contribution in [0.15, 0.2) is 12.1 Å². The normalized spacial score (nSPS) is 12.0. The van der Waals surface area contributed by atoms with Crippen LogP contribution < -0.4 is 9.47 Å². The van der Waals surface area contributed by atoms with Crippen molar-refractivity contribution < 1.29 is 19.2 Å². The molecule has 1 aromatic carbocycles. The number of hydrogen-bond donors (Lipinski definition) is 0. The Morgan fingerprint density at radius 2 is 2.00 bits per heavy atom. The van der Waals surface area contributed by atoms with Crippen molar-refractivity contribution in [1.82, 2.24) is 4.90 Å². The number of benzene rings is 1. The molecule has 0 aliphatic carbocycles. The maximum atomic E-state index is 11.1. The molecule has 0 aliphatic rings. The number of carbonyl (C=O) groups is 1. The summed E-state index contributed by atoms with van der Waals surface area (Å²) >= 11 is 0. The Morgan fingerprint density at radius 1 is 1.38 bits per heavy atom. The van der Waals surface area contributed by atoms with Crippen molar-refractivity contribution in [3.63, 3.8) is 0 Å². The summed E-state index contributed by atoms with van der Waals surface area (Å²) in [5, 5.41) is 11.1. The molecule has 0 radical (unpaired) electrons. The summed E-state index contributed by atoms with van der Waals surface area (Å²) in [5.74, 6) is 0.206. The van der Waals surface area contributed by atoms with E-state index in [-0.39, 0.29) is 29.0 Å². The Labute approximate surface area is 123 Å². The van der Waals surface area contributed by atoms with E-state index < -0.39 is 4.92 Å². The number of methoxy groups -OCH3 is 1. The molecule has 0 aliphatic heterocycles. The van der Waals surface area contributed by atoms with E-state index in [9.17, 15) is 14.9 Å². The number of carbonyl (C=O) groups excluding carboxylic acids is 1. The van der Waals surface area contributed by atoms with Crippen molar-refractivity contribution in [3.05, 3.63) is 27.8 Å². The largest absolute Gasteiger partial charge is 0.488 e. The fourth-order valence-corrected chi connectivity index (χ4v) is 2.14. The number of nitro benzene ring substituents is 1. The minimum absolute atomic E-state index is 0.0383. The molecule has 1 unspecified atom stereocenters. The summed E-state index contributed by atoms with van der Waals surface area (Å²) in [6.45, 7) is 7.42. The molecule has 0 bridgehead atoms. The van der Waals surface area contributed by atoms with E-state index in [4.69, 9.17) is 9.47 Å². The highest BCUT2D eigenvalue weighted by atomic mass is 16.6. The molecule has 1 rings (SSSR count). The number of aldehydes is 1. The minimum Gasteiger partial charge on any atom is -0.488 e. The predicted molar refractivity (Wildman–Crippen MR) is 78.0 cm³/mol. The summed E-state index contributed by atoms with van der Waals surface area (Å²) in [6.07, 6.45) is 0.161. The molecule has 0 saturated heterocycles. The number of rotatable bonds is 8. The topological polar surface area (TPSA) is 81.9 Å². The summed E-state index contributed by atoms with van der Waals surface area (Å²) in [6, 6.07) is 2.87. The zero-order valence-electron chi connectivity index (χ0n) is 12.7. The maximum absolute atomic E-state index is 11.1. The van der Waals surface area contributed by atoms with Crippen LogP contribution in [0.2, 0.25) is 0 Å². The standard InChI is InChI=1S/C14H20N2O5/c1-5-15(6-2)10(3)21-12-8-7-11(9-17)13(16(18)19)14(12)20-4/h7-10H,5-6H2,1-4H3. The fourth-order valence-electron chi connectivity index (χ4n) is 2.14. The first kappa shape index (κ1) is 16.9. The van der Waals surface area contributed by atoms with Gasteiger partial charge >= 0.3 is 5.69 Å². The zero-order valence-corrected chi connectivity index (χ0v) is 12.7. The average Bonchev–Trinajstić information content (AvgIpc) is 2.47. The van der Waals surface area contributed by atoms with E-state index >= 15 is 0 Å². The fraction of sp³-hybridized carbons (Fsp3) is 0.500. The van der Waals surface area contributed by atoms with E-state index in [1.165, 1.54) is 19.2 Å². The number of hydrogen-bond acceptors (Lipinski definition) is 6. The van der Waals surface area contributed by atoms with Gasteiger partial charge in [0.05, 0.1) is 17.6 Å². The summed E-state index contributed by atoms with van der Waals surface area (Å²) in [5.41, 5.74) is -0.420. The van der Waals surface area contributed by atoms with E-state index in [2.05, 4.69) is 0 Å². The van der Waals surface area contributed by atoms with Crippen LogP contribution in [0.3, 0.4) is 0 Å². The quantitative estimate of drug-likeness (QED) is 0.317. The average molecular weight is 296 g/mol. The van der Waals surface area contributed by atoms with Gasteiger partial charge in [-0.15, -0.1) is 0 Å². The van der Waals surface area contributed by atoms with Crippen LogP contribution in [0.4, 0.5) is 5.69 Å². The number of ether oxygens (including phenoxy) is 2. The molecular formula is C14H20N2O5. The molecule has 7 heteroatoms. The lowest BCUT2D eigenvalue weighted by Crippen LogP contribution is -2.36. The number of nitro groups is 1. The number of nitrogens with zero attached hydrogens (tertiary/aromatic N) is 2. The lowest BCUT2D eigenvalue weighted by atomic mass is 10.1. The van der Waals surface area contributed by atoms with E-state index in [0.717, 1.165) is 13.1 Å². The van der Waals surface area contributed by atoms with Crippen molar-refractivity contribution in [2.75, 3.05) is 20.2 Å². The highest BCUT2D eigenvalue weighted by molar-refractivity contribution is 5.85. The summed E-state index contributed by atoms with van der Waals surface area (Å²) in [4.78, 5) is 23.5. The molecule has 0 fully saturated rings. The first-order valence-corrected chi connectivity index (χ1v) is 6.71. The molecule has 0 spiro atoms. The van der Waals surface area contributed by atoms with Crippen LogP contribution in [0, 0.1) is 10.1 Å². The molecule has 0 aromatic heterocycles. The van der Waals surface area contributed by atoms with Crippen LogP contribution in [-0.4, -0.2) is 42.5 Å². The summed E-state index contributed by atoms with van der Waals surface area (Å²) < 4.78 is 10.8. The molecular weight excluding hydrogens is 276 g/mol. The maximum Gasteiger partial charge on any atom is 0.325 e. The molecule has 0 heterocycles. The molecule has 0 N–H and O–H groups in total. The lowest BCUT2D eigenvalue weighted by molar-refractivity contribution is -0.386. The second-order valence-electron chi connectivity index (χ2n) is 4.35. The summed E-state index contributed by atoms with van der Waals surface area (Å²) in [7, 11) is 1.31. The zero-order chi connectivity index (χ0) is 16.0. The Balaban J connectivity index is 3.22. The Morgan fingerprint density at radius 3 is 2.43 bits per heavy atom. The van der Waals surface area contributed by atoms with Gasteiger partial charge in [-0.1, -0.05) is 13.8 Å². The van der Waals surface area contributed by atoms with Gasteiger partial charge < -0.3 is 9.47 Å². The lowest BCUT2D eigenvalue weighted by Gasteiger charge is -2.27. The minimum atomic E-state index is -0.641. The predicted octanol–water partition coefficient (Wildman–Crippen LogP) is 2.48. The first-order chi connectivity index (χ1) is 9.99. The SMILES string of the molecule is CCN(CC)C(C)Oc1ccc(C=O)c([N+](=O)[O-])c1OC. The van der Waals surface area contributed by atoms with Gasteiger partial charge in [-0.3, -0.25) is 19.8 Å². The van der Waals surface area contributed by atoms with Crippen LogP contribution in [0.1, 0.15) is 31.1 Å². The van der Waals surface area contributed by atoms with Crippen LogP contribution in [-0.2, 0) is 0 Å².